The number of thiazole rings is 1. The maximum Gasteiger partial charge on any atom is 0.267 e. The average molecular weight is 453 g/mol. The Morgan fingerprint density at radius 2 is 2.16 bits per heavy atom. The van der Waals surface area contributed by atoms with E-state index in [1.165, 1.54) is 21.8 Å². The summed E-state index contributed by atoms with van der Waals surface area (Å²) in [5.74, 6) is -0.493. The zero-order valence-electron chi connectivity index (χ0n) is 18.1. The number of aryl methyl sites for hydroxylation is 2. The van der Waals surface area contributed by atoms with Gasteiger partial charge in [0, 0.05) is 30.9 Å². The van der Waals surface area contributed by atoms with Crippen LogP contribution in [0.15, 0.2) is 40.8 Å². The van der Waals surface area contributed by atoms with Crippen molar-refractivity contribution in [3.63, 3.8) is 0 Å². The fraction of sp³-hybridized carbons (Fsp3) is 0.318. The Labute approximate surface area is 187 Å². The van der Waals surface area contributed by atoms with E-state index in [2.05, 4.69) is 10.3 Å². The molecule has 0 fully saturated rings. The maximum absolute atomic E-state index is 13.3. The molecule has 0 unspecified atom stereocenters. The number of aromatic nitrogens is 4. The number of pyridine rings is 2. The first-order chi connectivity index (χ1) is 15.4. The quantitative estimate of drug-likeness (QED) is 0.330. The molecule has 10 heteroatoms. The second-order valence-corrected chi connectivity index (χ2v) is 8.56. The molecule has 4 aromatic heterocycles. The fourth-order valence-electron chi connectivity index (χ4n) is 3.48. The molecule has 0 aliphatic carbocycles. The molecule has 1 amide bonds. The molecule has 0 spiro atoms. The van der Waals surface area contributed by atoms with Crippen LogP contribution in [0, 0.1) is 12.3 Å². The molecule has 0 aliphatic heterocycles. The lowest BCUT2D eigenvalue weighted by atomic mass is 10.2. The van der Waals surface area contributed by atoms with Gasteiger partial charge in [-0.2, -0.15) is 0 Å². The van der Waals surface area contributed by atoms with E-state index < -0.39 is 5.91 Å². The van der Waals surface area contributed by atoms with Gasteiger partial charge in [0.15, 0.2) is 5.13 Å². The summed E-state index contributed by atoms with van der Waals surface area (Å²) in [4.78, 5) is 35.0. The second kappa shape index (κ2) is 9.01. The standard InChI is InChI=1S/C22H24N6O3S/c1-13(2)31-10-5-9-27-17(23)15(20(29)26-22-24-7-11-32-22)12-16-19(27)25-18-14(3)6-4-8-28(18)21(16)30/h4,6-8,11-13,23H,5,9-10H2,1-3H3,(H,24,26,29). The summed E-state index contributed by atoms with van der Waals surface area (Å²) < 4.78 is 8.71. The van der Waals surface area contributed by atoms with E-state index in [9.17, 15) is 9.59 Å². The highest BCUT2D eigenvalue weighted by atomic mass is 32.1. The molecule has 2 N–H and O–H groups in total. The number of anilines is 1. The number of hydrogen-bond acceptors (Lipinski definition) is 7. The third kappa shape index (κ3) is 4.19. The third-order valence-corrected chi connectivity index (χ3v) is 5.70. The van der Waals surface area contributed by atoms with Gasteiger partial charge in [0.1, 0.15) is 16.8 Å². The highest BCUT2D eigenvalue weighted by Gasteiger charge is 2.18. The monoisotopic (exact) mass is 452 g/mol. The fourth-order valence-corrected chi connectivity index (χ4v) is 4.00. The zero-order chi connectivity index (χ0) is 22.8. The predicted molar refractivity (Wildman–Crippen MR) is 123 cm³/mol. The molecule has 0 bridgehead atoms. The zero-order valence-corrected chi connectivity index (χ0v) is 18.9. The van der Waals surface area contributed by atoms with Crippen molar-refractivity contribution in [1.82, 2.24) is 18.9 Å². The van der Waals surface area contributed by atoms with Crippen LogP contribution in [0.1, 0.15) is 36.2 Å². The summed E-state index contributed by atoms with van der Waals surface area (Å²) in [6, 6.07) is 5.11. The number of hydrogen-bond donors (Lipinski definition) is 2. The van der Waals surface area contributed by atoms with Crippen LogP contribution in [0.2, 0.25) is 0 Å². The first kappa shape index (κ1) is 21.8. The minimum absolute atomic E-state index is 0.0130. The van der Waals surface area contributed by atoms with E-state index in [4.69, 9.17) is 15.1 Å². The smallest absolute Gasteiger partial charge is 0.267 e. The number of fused-ring (bicyclic) bond motifs is 2. The Hall–Kier alpha value is -3.37. The van der Waals surface area contributed by atoms with Crippen LogP contribution in [-0.2, 0) is 11.3 Å². The van der Waals surface area contributed by atoms with E-state index in [1.807, 2.05) is 26.8 Å². The first-order valence-corrected chi connectivity index (χ1v) is 11.2. The summed E-state index contributed by atoms with van der Waals surface area (Å²) in [6.07, 6.45) is 3.94. The van der Waals surface area contributed by atoms with Gasteiger partial charge >= 0.3 is 0 Å². The molecule has 0 aromatic carbocycles. The number of nitrogens with zero attached hydrogens (tertiary/aromatic N) is 4. The van der Waals surface area contributed by atoms with Gasteiger partial charge in [-0.05, 0) is 44.9 Å². The summed E-state index contributed by atoms with van der Waals surface area (Å²) >= 11 is 1.28. The van der Waals surface area contributed by atoms with E-state index in [0.29, 0.717) is 36.0 Å². The average Bonchev–Trinajstić information content (AvgIpc) is 3.26. The Bertz CT molecular complexity index is 1410. The number of carbonyl (C=O) groups excluding carboxylic acids is 1. The molecule has 4 aromatic rings. The Balaban J connectivity index is 1.89. The lowest BCUT2D eigenvalue weighted by Gasteiger charge is -2.15. The van der Waals surface area contributed by atoms with Crippen LogP contribution < -0.4 is 16.4 Å². The molecule has 0 saturated heterocycles. The second-order valence-electron chi connectivity index (χ2n) is 7.66. The highest BCUT2D eigenvalue weighted by Crippen LogP contribution is 2.15. The molecular weight excluding hydrogens is 428 g/mol. The molecule has 0 atom stereocenters. The van der Waals surface area contributed by atoms with Crippen molar-refractivity contribution in [3.8, 4) is 0 Å². The SMILES string of the molecule is Cc1cccn2c(=O)c3cc(C(=O)Nc4nccs4)c(=N)n(CCCOC(C)C)c3nc12. The summed E-state index contributed by atoms with van der Waals surface area (Å²) in [5, 5.41) is 13.9. The van der Waals surface area contributed by atoms with Crippen LogP contribution in [0.5, 0.6) is 0 Å². The van der Waals surface area contributed by atoms with Crippen molar-refractivity contribution < 1.29 is 9.53 Å². The Morgan fingerprint density at radius 1 is 1.34 bits per heavy atom. The number of ether oxygens (including phenoxy) is 1. The predicted octanol–water partition coefficient (Wildman–Crippen LogP) is 2.96. The molecule has 0 aliphatic rings. The maximum atomic E-state index is 13.3. The van der Waals surface area contributed by atoms with Crippen molar-refractivity contribution in [2.75, 3.05) is 11.9 Å². The van der Waals surface area contributed by atoms with Gasteiger partial charge in [-0.3, -0.25) is 24.7 Å². The Kier molecular flexibility index (Phi) is 6.15. The van der Waals surface area contributed by atoms with Crippen LogP contribution >= 0.6 is 11.3 Å². The third-order valence-electron chi connectivity index (χ3n) is 5.01. The van der Waals surface area contributed by atoms with Crippen molar-refractivity contribution in [2.24, 2.45) is 0 Å². The van der Waals surface area contributed by atoms with E-state index in [-0.39, 0.29) is 28.1 Å². The molecule has 0 saturated carbocycles. The van der Waals surface area contributed by atoms with Crippen LogP contribution in [0.3, 0.4) is 0 Å². The Morgan fingerprint density at radius 3 is 2.88 bits per heavy atom. The normalized spacial score (nSPS) is 11.5. The molecule has 9 nitrogen and oxygen atoms in total. The topological polar surface area (TPSA) is 114 Å². The summed E-state index contributed by atoms with van der Waals surface area (Å²) in [6.45, 7) is 6.67. The van der Waals surface area contributed by atoms with Crippen LogP contribution in [0.25, 0.3) is 16.7 Å². The van der Waals surface area contributed by atoms with Crippen molar-refractivity contribution >= 4 is 39.1 Å². The largest absolute Gasteiger partial charge is 0.379 e. The molecule has 32 heavy (non-hydrogen) atoms. The van der Waals surface area contributed by atoms with Gasteiger partial charge in [0.2, 0.25) is 0 Å². The highest BCUT2D eigenvalue weighted by molar-refractivity contribution is 7.13. The van der Waals surface area contributed by atoms with Gasteiger partial charge in [-0.15, -0.1) is 11.3 Å². The van der Waals surface area contributed by atoms with Crippen molar-refractivity contribution in [3.05, 3.63) is 62.9 Å². The van der Waals surface area contributed by atoms with Gasteiger partial charge < -0.3 is 9.30 Å². The summed E-state index contributed by atoms with van der Waals surface area (Å²) in [5.41, 5.74) is 1.54. The molecule has 0 radical (unpaired) electrons. The van der Waals surface area contributed by atoms with Crippen molar-refractivity contribution in [1.29, 1.82) is 5.41 Å². The molecule has 4 heterocycles. The van der Waals surface area contributed by atoms with Gasteiger partial charge in [-0.1, -0.05) is 6.07 Å². The van der Waals surface area contributed by atoms with Gasteiger partial charge in [-0.25, -0.2) is 9.97 Å². The van der Waals surface area contributed by atoms with Gasteiger partial charge in [0.05, 0.1) is 17.1 Å². The number of amides is 1. The van der Waals surface area contributed by atoms with Crippen LogP contribution in [0.4, 0.5) is 5.13 Å². The molecule has 4 rings (SSSR count). The van der Waals surface area contributed by atoms with E-state index >= 15 is 0 Å². The first-order valence-electron chi connectivity index (χ1n) is 10.3. The minimum Gasteiger partial charge on any atom is -0.379 e. The minimum atomic E-state index is -0.493. The molecular formula is C22H24N6O3S. The summed E-state index contributed by atoms with van der Waals surface area (Å²) in [7, 11) is 0. The van der Waals surface area contributed by atoms with Gasteiger partial charge in [0.25, 0.3) is 11.5 Å². The van der Waals surface area contributed by atoms with Crippen LogP contribution in [-0.4, -0.2) is 37.6 Å². The molecule has 166 valence electrons. The number of carbonyl (C=O) groups is 1. The lowest BCUT2D eigenvalue weighted by Crippen LogP contribution is -2.32. The number of nitrogens with one attached hydrogen (secondary N) is 2. The number of rotatable bonds is 7. The van der Waals surface area contributed by atoms with Crippen molar-refractivity contribution in [2.45, 2.75) is 39.8 Å². The van der Waals surface area contributed by atoms with E-state index in [0.717, 1.165) is 5.56 Å². The van der Waals surface area contributed by atoms with E-state index in [1.54, 1.807) is 28.4 Å². The lowest BCUT2D eigenvalue weighted by molar-refractivity contribution is 0.0748.